The average Bonchev–Trinajstić information content (AvgIpc) is 3.10. The second-order valence-electron chi connectivity index (χ2n) is 8.18. The highest BCUT2D eigenvalue weighted by atomic mass is 16.6. The van der Waals surface area contributed by atoms with Crippen LogP contribution >= 0.6 is 0 Å². The number of aromatic nitrogens is 1. The number of hydrogen-bond acceptors (Lipinski definition) is 7. The number of ether oxygens (including phenoxy) is 1. The number of anilines is 2. The molecule has 3 rings (SSSR count). The lowest BCUT2D eigenvalue weighted by Gasteiger charge is -2.27. The molecule has 0 spiro atoms. The molecule has 1 amide bonds. The van der Waals surface area contributed by atoms with Crippen LogP contribution in [0, 0.1) is 11.3 Å². The number of nitrogens with one attached hydrogen (secondary N) is 1. The maximum Gasteiger partial charge on any atom is 0.407 e. The summed E-state index contributed by atoms with van der Waals surface area (Å²) in [5.41, 5.74) is 8.15. The molecule has 0 bridgehead atoms. The molecule has 1 aliphatic rings. The maximum absolute atomic E-state index is 12.2. The number of amides is 1. The maximum atomic E-state index is 12.2. The van der Waals surface area contributed by atoms with Gasteiger partial charge in [-0.1, -0.05) is 6.07 Å². The number of aliphatic hydroxyl groups is 1. The van der Waals surface area contributed by atoms with Gasteiger partial charge in [-0.05, 0) is 51.0 Å². The fourth-order valence-corrected chi connectivity index (χ4v) is 3.49. The summed E-state index contributed by atoms with van der Waals surface area (Å²) >= 11 is 0. The topological polar surface area (TPSA) is 124 Å². The molecule has 0 saturated carbocycles. The van der Waals surface area contributed by atoms with Crippen molar-refractivity contribution in [2.24, 2.45) is 0 Å². The molecule has 158 valence electrons. The Kier molecular flexibility index (Phi) is 5.36. The van der Waals surface area contributed by atoms with Crippen LogP contribution in [0.1, 0.15) is 35.5 Å². The summed E-state index contributed by atoms with van der Waals surface area (Å²) in [7, 11) is 0. The van der Waals surface area contributed by atoms with Crippen LogP contribution in [0.25, 0.3) is 11.1 Å². The van der Waals surface area contributed by atoms with Crippen molar-refractivity contribution in [1.29, 1.82) is 5.26 Å². The summed E-state index contributed by atoms with van der Waals surface area (Å²) in [6, 6.07) is 7.48. The highest BCUT2D eigenvalue weighted by Crippen LogP contribution is 2.35. The molecule has 1 aliphatic heterocycles. The molecule has 2 heterocycles. The Morgan fingerprint density at radius 1 is 1.50 bits per heavy atom. The van der Waals surface area contributed by atoms with Crippen LogP contribution in [0.15, 0.2) is 36.7 Å². The van der Waals surface area contributed by atoms with E-state index in [2.05, 4.69) is 16.4 Å². The van der Waals surface area contributed by atoms with E-state index in [1.54, 1.807) is 56.1 Å². The van der Waals surface area contributed by atoms with Crippen LogP contribution in [0.3, 0.4) is 0 Å². The minimum absolute atomic E-state index is 0.156. The van der Waals surface area contributed by atoms with Crippen LogP contribution < -0.4 is 16.0 Å². The molecule has 0 aliphatic carbocycles. The van der Waals surface area contributed by atoms with Gasteiger partial charge < -0.3 is 25.8 Å². The first-order chi connectivity index (χ1) is 14.9. The predicted octanol–water partition coefficient (Wildman–Crippen LogP) is 2.67. The summed E-state index contributed by atoms with van der Waals surface area (Å²) in [5.74, 6) is 0. The van der Waals surface area contributed by atoms with E-state index >= 15 is 0 Å². The largest absolute Gasteiger partial charge is 0.444 e. The lowest BCUT2D eigenvalue weighted by atomic mass is 10.0. The zero-order valence-corrected chi connectivity index (χ0v) is 17.2. The third-order valence-corrected chi connectivity index (χ3v) is 4.76. The number of carbonyl (C=O) groups is 1. The third kappa shape index (κ3) is 4.81. The Bertz CT molecular complexity index is 1040. The Labute approximate surface area is 179 Å². The van der Waals surface area contributed by atoms with Crippen molar-refractivity contribution >= 4 is 17.5 Å². The van der Waals surface area contributed by atoms with Crippen molar-refractivity contribution in [3.8, 4) is 17.2 Å². The molecular weight excluding hydrogens is 382 g/mol. The van der Waals surface area contributed by atoms with Crippen LogP contribution in [0.4, 0.5) is 16.2 Å². The fourth-order valence-electron chi connectivity index (χ4n) is 3.49. The minimum atomic E-state index is -2.54. The smallest absolute Gasteiger partial charge is 0.407 e. The van der Waals surface area contributed by atoms with Crippen molar-refractivity contribution in [3.05, 3.63) is 42.2 Å². The highest BCUT2D eigenvalue weighted by molar-refractivity contribution is 5.79. The van der Waals surface area contributed by atoms with Crippen LogP contribution in [-0.4, -0.2) is 47.0 Å². The summed E-state index contributed by atoms with van der Waals surface area (Å²) in [6.07, 6.45) is 2.65. The van der Waals surface area contributed by atoms with Crippen LogP contribution in [0.5, 0.6) is 0 Å². The number of nitrogens with two attached hydrogens (primary N) is 1. The van der Waals surface area contributed by atoms with Crippen molar-refractivity contribution in [2.75, 3.05) is 23.7 Å². The number of alkyl carbamates (subject to hydrolysis) is 1. The number of nitrogen functional groups attached to an aromatic ring is 1. The minimum Gasteiger partial charge on any atom is -0.444 e. The van der Waals surface area contributed by atoms with E-state index in [4.69, 9.17) is 13.2 Å². The first kappa shape index (κ1) is 18.7. The monoisotopic (exact) mass is 411 g/mol. The predicted molar refractivity (Wildman–Crippen MR) is 115 cm³/mol. The van der Waals surface area contributed by atoms with Gasteiger partial charge in [0.25, 0.3) is 0 Å². The van der Waals surface area contributed by atoms with Gasteiger partial charge in [-0.25, -0.2) is 4.79 Å². The molecule has 1 aromatic heterocycles. The molecule has 1 fully saturated rings. The van der Waals surface area contributed by atoms with Gasteiger partial charge in [0.05, 0.1) is 44.4 Å². The summed E-state index contributed by atoms with van der Waals surface area (Å²) in [5, 5.41) is 22.4. The lowest BCUT2D eigenvalue weighted by molar-refractivity contribution is 0.0507. The lowest BCUT2D eigenvalue weighted by Crippen LogP contribution is -2.40. The van der Waals surface area contributed by atoms with Crippen molar-refractivity contribution in [3.63, 3.8) is 0 Å². The third-order valence-electron chi connectivity index (χ3n) is 4.76. The quantitative estimate of drug-likeness (QED) is 0.661. The number of rotatable bonds is 4. The van der Waals surface area contributed by atoms with Crippen molar-refractivity contribution in [2.45, 2.75) is 44.9 Å². The molecule has 2 aromatic rings. The second-order valence-corrected chi connectivity index (χ2v) is 8.18. The zero-order valence-electron chi connectivity index (χ0n) is 19.2. The Balaban J connectivity index is 1.94. The van der Waals surface area contributed by atoms with E-state index in [9.17, 15) is 15.2 Å². The molecule has 0 radical (unpaired) electrons. The van der Waals surface area contributed by atoms with Gasteiger partial charge in [-0.15, -0.1) is 0 Å². The van der Waals surface area contributed by atoms with Crippen LogP contribution in [0.2, 0.25) is 0 Å². The molecule has 8 nitrogen and oxygen atoms in total. The van der Waals surface area contributed by atoms with Gasteiger partial charge in [-0.2, -0.15) is 5.26 Å². The van der Waals surface area contributed by atoms with Gasteiger partial charge in [0, 0.05) is 24.5 Å². The number of nitrogens with zero attached hydrogens (tertiary/aromatic N) is 3. The van der Waals surface area contributed by atoms with Crippen LogP contribution in [-0.2, 0) is 4.74 Å². The molecule has 2 unspecified atom stereocenters. The second kappa shape index (κ2) is 8.59. The number of carbonyl (C=O) groups excluding carboxylic acids is 1. The summed E-state index contributed by atoms with van der Waals surface area (Å²) in [4.78, 5) is 18.0. The molecule has 4 N–H and O–H groups in total. The van der Waals surface area contributed by atoms with Gasteiger partial charge in [0.15, 0.2) is 0 Å². The summed E-state index contributed by atoms with van der Waals surface area (Å²) in [6.45, 7) is 2.93. The standard InChI is InChI=1S/C22H27N5O3/c1-22(2,3)30-21(29)26-16-9-17(13-28)27(12-16)20-8-14(4-5-19(20)24)18-11-25-7-6-15(18)10-23/h4-8,11,16-17,28H,9,12-13,24H2,1-3H3,(H,26,29)/i13D2. The molecule has 1 aromatic carbocycles. The van der Waals surface area contributed by atoms with E-state index in [0.717, 1.165) is 0 Å². The van der Waals surface area contributed by atoms with Gasteiger partial charge in [-0.3, -0.25) is 4.98 Å². The molecule has 2 atom stereocenters. The van der Waals surface area contributed by atoms with Crippen molar-refractivity contribution < 1.29 is 17.4 Å². The number of benzene rings is 1. The normalized spacial score (nSPS) is 20.2. The Hall–Kier alpha value is -3.31. The molecular formula is C22H27N5O3. The van der Waals surface area contributed by atoms with Crippen molar-refractivity contribution in [1.82, 2.24) is 10.3 Å². The number of nitriles is 1. The van der Waals surface area contributed by atoms with E-state index < -0.39 is 30.3 Å². The van der Waals surface area contributed by atoms with Gasteiger partial charge in [0.1, 0.15) is 5.60 Å². The average molecular weight is 412 g/mol. The molecule has 1 saturated heterocycles. The van der Waals surface area contributed by atoms with Gasteiger partial charge in [0.2, 0.25) is 0 Å². The molecule has 8 heteroatoms. The summed E-state index contributed by atoms with van der Waals surface area (Å²) < 4.78 is 21.1. The molecule has 30 heavy (non-hydrogen) atoms. The first-order valence-corrected chi connectivity index (χ1v) is 9.61. The Morgan fingerprint density at radius 3 is 2.93 bits per heavy atom. The SMILES string of the molecule is [2H]C([2H])(O)C1CC(NC(=O)OC(C)(C)C)CN1c1cc(-c2cnccc2C#N)ccc1N. The Morgan fingerprint density at radius 2 is 2.27 bits per heavy atom. The highest BCUT2D eigenvalue weighted by Gasteiger charge is 2.34. The number of hydrogen-bond donors (Lipinski definition) is 3. The number of pyridine rings is 1. The first-order valence-electron chi connectivity index (χ1n) is 10.6. The van der Waals surface area contributed by atoms with E-state index in [0.29, 0.717) is 28.1 Å². The van der Waals surface area contributed by atoms with E-state index in [1.165, 1.54) is 6.20 Å². The van der Waals surface area contributed by atoms with E-state index in [-0.39, 0.29) is 13.0 Å². The van der Waals surface area contributed by atoms with Gasteiger partial charge >= 0.3 is 6.09 Å². The zero-order chi connectivity index (χ0) is 23.7. The fraction of sp³-hybridized carbons (Fsp3) is 0.409. The van der Waals surface area contributed by atoms with E-state index in [1.807, 2.05) is 0 Å².